The number of nitrogens with zero attached hydrogens (tertiary/aromatic N) is 4. The van der Waals surface area contributed by atoms with Crippen molar-refractivity contribution in [2.75, 3.05) is 11.1 Å². The molecule has 0 aliphatic carbocycles. The molecule has 1 amide bonds. The maximum atomic E-state index is 12.0. The minimum absolute atomic E-state index is 0.172. The Hall–Kier alpha value is -2.65. The van der Waals surface area contributed by atoms with Crippen LogP contribution in [-0.4, -0.2) is 31.5 Å². The summed E-state index contributed by atoms with van der Waals surface area (Å²) in [4.78, 5) is 12.0. The van der Waals surface area contributed by atoms with E-state index in [-0.39, 0.29) is 11.7 Å². The van der Waals surface area contributed by atoms with Crippen LogP contribution in [0.4, 0.5) is 5.88 Å². The normalized spacial score (nSPS) is 11.0. The maximum absolute atomic E-state index is 12.0. The first-order valence-corrected chi connectivity index (χ1v) is 9.41. The molecule has 7 nitrogen and oxygen atoms in total. The van der Waals surface area contributed by atoms with E-state index in [0.717, 1.165) is 15.7 Å². The van der Waals surface area contributed by atoms with Gasteiger partial charge in [-0.25, -0.2) is 0 Å². The molecule has 4 aromatic rings. The summed E-state index contributed by atoms with van der Waals surface area (Å²) in [6, 6.07) is 15.0. The Kier molecular flexibility index (Phi) is 4.72. The van der Waals surface area contributed by atoms with Crippen LogP contribution in [0.2, 0.25) is 0 Å². The molecule has 3 heterocycles. The molecule has 3 aromatic heterocycles. The number of amides is 1. The molecule has 0 saturated heterocycles. The van der Waals surface area contributed by atoms with Crippen molar-refractivity contribution in [3.05, 3.63) is 59.3 Å². The fourth-order valence-electron chi connectivity index (χ4n) is 2.29. The van der Waals surface area contributed by atoms with Crippen LogP contribution in [0.5, 0.6) is 0 Å². The summed E-state index contributed by atoms with van der Waals surface area (Å²) in [7, 11) is 0. The van der Waals surface area contributed by atoms with E-state index in [4.69, 9.17) is 4.42 Å². The lowest BCUT2D eigenvalue weighted by atomic mass is 10.1. The molecule has 0 radical (unpaired) electrons. The summed E-state index contributed by atoms with van der Waals surface area (Å²) in [5, 5.41) is 16.0. The molecule has 0 atom stereocenters. The molecule has 0 unspecified atom stereocenters. The average molecular weight is 430 g/mol. The Balaban J connectivity index is 1.53. The number of fused-ring (bicyclic) bond motifs is 1. The van der Waals surface area contributed by atoms with Crippen LogP contribution >= 0.6 is 27.7 Å². The van der Waals surface area contributed by atoms with Crippen molar-refractivity contribution in [3.63, 3.8) is 0 Å². The third kappa shape index (κ3) is 3.63. The minimum Gasteiger partial charge on any atom is -0.449 e. The van der Waals surface area contributed by atoms with E-state index in [9.17, 15) is 4.79 Å². The van der Waals surface area contributed by atoms with Gasteiger partial charge in [-0.3, -0.25) is 10.1 Å². The number of hydrogen-bond donors (Lipinski definition) is 1. The first kappa shape index (κ1) is 16.8. The van der Waals surface area contributed by atoms with Crippen LogP contribution in [0.25, 0.3) is 16.9 Å². The molecule has 0 fully saturated rings. The van der Waals surface area contributed by atoms with Gasteiger partial charge in [-0.05, 0) is 30.3 Å². The van der Waals surface area contributed by atoms with E-state index in [2.05, 4.69) is 36.5 Å². The Bertz CT molecular complexity index is 1050. The second kappa shape index (κ2) is 7.30. The molecule has 4 rings (SSSR count). The van der Waals surface area contributed by atoms with Gasteiger partial charge >= 0.3 is 0 Å². The second-order valence-corrected chi connectivity index (χ2v) is 7.15. The number of aromatic nitrogens is 4. The zero-order chi connectivity index (χ0) is 17.9. The topological polar surface area (TPSA) is 85.3 Å². The number of rotatable bonds is 5. The highest BCUT2D eigenvalue weighted by atomic mass is 79.9. The fourth-order valence-corrected chi connectivity index (χ4v) is 3.24. The van der Waals surface area contributed by atoms with E-state index in [1.54, 1.807) is 16.6 Å². The highest BCUT2D eigenvalue weighted by molar-refractivity contribution is 9.10. The molecule has 9 heteroatoms. The summed E-state index contributed by atoms with van der Waals surface area (Å²) >= 11 is 4.68. The van der Waals surface area contributed by atoms with Crippen LogP contribution in [-0.2, 0) is 4.79 Å². The number of furan rings is 1. The molecular weight excluding hydrogens is 418 g/mol. The van der Waals surface area contributed by atoms with E-state index in [1.807, 2.05) is 36.4 Å². The Labute approximate surface area is 160 Å². The zero-order valence-electron chi connectivity index (χ0n) is 13.3. The summed E-state index contributed by atoms with van der Waals surface area (Å²) in [6.07, 6.45) is 1.50. The van der Waals surface area contributed by atoms with Crippen LogP contribution in [0.3, 0.4) is 0 Å². The molecule has 0 aliphatic rings. The van der Waals surface area contributed by atoms with E-state index >= 15 is 0 Å². The summed E-state index contributed by atoms with van der Waals surface area (Å²) in [5.74, 6) is 0.397. The van der Waals surface area contributed by atoms with Crippen molar-refractivity contribution in [2.45, 2.75) is 5.16 Å². The SMILES string of the molecule is O=C(CSc1nnc2ccc(-c3ccc(Br)cc3)nn12)Nc1ccco1. The molecule has 0 saturated carbocycles. The maximum Gasteiger partial charge on any atom is 0.237 e. The number of carbonyl (C=O) groups is 1. The molecule has 1 aromatic carbocycles. The zero-order valence-corrected chi connectivity index (χ0v) is 15.7. The lowest BCUT2D eigenvalue weighted by molar-refractivity contribution is -0.113. The van der Waals surface area contributed by atoms with E-state index in [1.165, 1.54) is 18.0 Å². The molecule has 1 N–H and O–H groups in total. The summed E-state index contributed by atoms with van der Waals surface area (Å²) in [6.45, 7) is 0. The molecule has 0 aliphatic heterocycles. The number of anilines is 1. The first-order valence-electron chi connectivity index (χ1n) is 7.63. The molecule has 0 spiro atoms. The largest absolute Gasteiger partial charge is 0.449 e. The van der Waals surface area contributed by atoms with E-state index in [0.29, 0.717) is 16.7 Å². The summed E-state index contributed by atoms with van der Waals surface area (Å²) in [5.41, 5.74) is 2.40. The standard InChI is InChI=1S/C17H12BrN5O2S/c18-12-5-3-11(4-6-12)13-7-8-14-20-21-17(23(14)22-13)26-10-15(24)19-16-2-1-9-25-16/h1-9H,10H2,(H,19,24). The predicted octanol–water partition coefficient (Wildman–Crippen LogP) is 3.88. The van der Waals surface area contributed by atoms with Crippen molar-refractivity contribution < 1.29 is 9.21 Å². The van der Waals surface area contributed by atoms with Crippen LogP contribution in [0.1, 0.15) is 0 Å². The number of halogens is 1. The second-order valence-electron chi connectivity index (χ2n) is 5.29. The lowest BCUT2D eigenvalue weighted by Crippen LogP contribution is -2.13. The van der Waals surface area contributed by atoms with Gasteiger partial charge in [0.15, 0.2) is 11.5 Å². The quantitative estimate of drug-likeness (QED) is 0.484. The van der Waals surface area contributed by atoms with Gasteiger partial charge in [-0.1, -0.05) is 39.8 Å². The van der Waals surface area contributed by atoms with Gasteiger partial charge in [0.1, 0.15) is 0 Å². The van der Waals surface area contributed by atoms with Crippen molar-refractivity contribution in [2.24, 2.45) is 0 Å². The van der Waals surface area contributed by atoms with Crippen LogP contribution in [0.15, 0.2) is 68.8 Å². The van der Waals surface area contributed by atoms with Gasteiger partial charge in [0.05, 0.1) is 17.7 Å². The molecular formula is C17H12BrN5O2S. The minimum atomic E-state index is -0.189. The number of thioether (sulfide) groups is 1. The highest BCUT2D eigenvalue weighted by Crippen LogP contribution is 2.22. The summed E-state index contributed by atoms with van der Waals surface area (Å²) < 4.78 is 7.74. The third-order valence-corrected chi connectivity index (χ3v) is 4.94. The molecule has 0 bridgehead atoms. The number of nitrogens with one attached hydrogen (secondary N) is 1. The van der Waals surface area contributed by atoms with Crippen LogP contribution in [0, 0.1) is 0 Å². The van der Waals surface area contributed by atoms with Gasteiger partial charge in [0.25, 0.3) is 0 Å². The first-order chi connectivity index (χ1) is 12.7. The highest BCUT2D eigenvalue weighted by Gasteiger charge is 2.12. The average Bonchev–Trinajstić information content (AvgIpc) is 3.30. The van der Waals surface area contributed by atoms with Crippen molar-refractivity contribution in [1.82, 2.24) is 19.8 Å². The Morgan fingerprint density at radius 3 is 2.77 bits per heavy atom. The molecule has 26 heavy (non-hydrogen) atoms. The van der Waals surface area contributed by atoms with Gasteiger partial charge in [-0.2, -0.15) is 9.61 Å². The van der Waals surface area contributed by atoms with Gasteiger partial charge < -0.3 is 4.42 Å². The number of benzene rings is 1. The van der Waals surface area contributed by atoms with Crippen LogP contribution < -0.4 is 5.32 Å². The third-order valence-electron chi connectivity index (χ3n) is 3.49. The van der Waals surface area contributed by atoms with Gasteiger partial charge in [0, 0.05) is 16.1 Å². The number of carbonyl (C=O) groups excluding carboxylic acids is 1. The van der Waals surface area contributed by atoms with Crippen molar-refractivity contribution in [1.29, 1.82) is 0 Å². The lowest BCUT2D eigenvalue weighted by Gasteiger charge is -2.04. The van der Waals surface area contributed by atoms with Gasteiger partial charge in [0.2, 0.25) is 11.1 Å². The fraction of sp³-hybridized carbons (Fsp3) is 0.0588. The predicted molar refractivity (Wildman–Crippen MR) is 102 cm³/mol. The molecule has 130 valence electrons. The Morgan fingerprint density at radius 1 is 1.15 bits per heavy atom. The van der Waals surface area contributed by atoms with Crippen molar-refractivity contribution in [3.8, 4) is 11.3 Å². The van der Waals surface area contributed by atoms with E-state index < -0.39 is 0 Å². The Morgan fingerprint density at radius 2 is 2.00 bits per heavy atom. The number of hydrogen-bond acceptors (Lipinski definition) is 6. The van der Waals surface area contributed by atoms with Gasteiger partial charge in [-0.15, -0.1) is 10.2 Å². The smallest absolute Gasteiger partial charge is 0.237 e. The monoisotopic (exact) mass is 429 g/mol. The van der Waals surface area contributed by atoms with Crippen molar-refractivity contribution >= 4 is 45.1 Å².